The summed E-state index contributed by atoms with van der Waals surface area (Å²) in [7, 11) is 0. The lowest BCUT2D eigenvalue weighted by molar-refractivity contribution is 0.479. The van der Waals surface area contributed by atoms with Crippen molar-refractivity contribution in [3.63, 3.8) is 0 Å². The zero-order valence-corrected chi connectivity index (χ0v) is 11.9. The van der Waals surface area contributed by atoms with Crippen LogP contribution in [0.2, 0.25) is 0 Å². The first-order valence-electron chi connectivity index (χ1n) is 7.07. The fourth-order valence-electron chi connectivity index (χ4n) is 2.98. The molecule has 2 unspecified atom stereocenters. The Labute approximate surface area is 115 Å². The van der Waals surface area contributed by atoms with E-state index in [-0.39, 0.29) is 0 Å². The number of benzene rings is 2. The minimum atomic E-state index is 0.425. The second kappa shape index (κ2) is 4.73. The van der Waals surface area contributed by atoms with Gasteiger partial charge in [-0.15, -0.1) is 0 Å². The van der Waals surface area contributed by atoms with E-state index in [2.05, 4.69) is 68.6 Å². The second-order valence-corrected chi connectivity index (χ2v) is 5.80. The molecule has 2 aromatic rings. The number of anilines is 1. The molecule has 0 saturated heterocycles. The van der Waals surface area contributed by atoms with Crippen molar-refractivity contribution < 1.29 is 0 Å². The third-order valence-electron chi connectivity index (χ3n) is 4.33. The highest BCUT2D eigenvalue weighted by Crippen LogP contribution is 2.36. The first kappa shape index (κ1) is 12.3. The molecule has 2 atom stereocenters. The summed E-state index contributed by atoms with van der Waals surface area (Å²) in [6, 6.07) is 15.9. The highest BCUT2D eigenvalue weighted by atomic mass is 14.9. The molecule has 1 nitrogen and oxygen atoms in total. The molecule has 0 bridgehead atoms. The van der Waals surface area contributed by atoms with Crippen LogP contribution in [0.5, 0.6) is 0 Å². The van der Waals surface area contributed by atoms with Crippen molar-refractivity contribution in [2.75, 3.05) is 5.32 Å². The maximum atomic E-state index is 3.71. The molecular formula is C18H21N. The molecule has 0 spiro atoms. The summed E-state index contributed by atoms with van der Waals surface area (Å²) >= 11 is 0. The fourth-order valence-corrected chi connectivity index (χ4v) is 2.98. The first-order chi connectivity index (χ1) is 9.15. The van der Waals surface area contributed by atoms with Gasteiger partial charge < -0.3 is 5.32 Å². The van der Waals surface area contributed by atoms with E-state index in [9.17, 15) is 0 Å². The Balaban J connectivity index is 1.96. The molecule has 0 fully saturated rings. The molecule has 2 aromatic carbocycles. The number of rotatable bonds is 1. The van der Waals surface area contributed by atoms with Gasteiger partial charge in [-0.1, -0.05) is 43.3 Å². The molecule has 0 aromatic heterocycles. The standard InChI is InChI=1S/C18H21N/c1-12-8-9-16(10-13(12)2)18-14(3)11-15-6-4-5-7-17(15)19-18/h4-10,14,18-19H,11H2,1-3H3. The summed E-state index contributed by atoms with van der Waals surface area (Å²) in [4.78, 5) is 0. The molecule has 0 radical (unpaired) electrons. The number of hydrogen-bond donors (Lipinski definition) is 1. The van der Waals surface area contributed by atoms with Gasteiger partial charge in [-0.25, -0.2) is 0 Å². The topological polar surface area (TPSA) is 12.0 Å². The molecule has 0 amide bonds. The third-order valence-corrected chi connectivity index (χ3v) is 4.33. The normalized spacial score (nSPS) is 21.6. The van der Waals surface area contributed by atoms with Gasteiger partial charge in [0.15, 0.2) is 0 Å². The summed E-state index contributed by atoms with van der Waals surface area (Å²) in [5.74, 6) is 0.622. The van der Waals surface area contributed by atoms with E-state index < -0.39 is 0 Å². The Hall–Kier alpha value is -1.76. The van der Waals surface area contributed by atoms with Crippen LogP contribution in [0.4, 0.5) is 5.69 Å². The van der Waals surface area contributed by atoms with Gasteiger partial charge in [-0.3, -0.25) is 0 Å². The average Bonchev–Trinajstić information content (AvgIpc) is 2.41. The number of nitrogens with one attached hydrogen (secondary N) is 1. The minimum Gasteiger partial charge on any atom is -0.378 e. The maximum absolute atomic E-state index is 3.71. The van der Waals surface area contributed by atoms with Crippen LogP contribution in [0, 0.1) is 19.8 Å². The van der Waals surface area contributed by atoms with Gasteiger partial charge in [0.2, 0.25) is 0 Å². The smallest absolute Gasteiger partial charge is 0.0542 e. The van der Waals surface area contributed by atoms with Gasteiger partial charge in [0.25, 0.3) is 0 Å². The largest absolute Gasteiger partial charge is 0.378 e. The van der Waals surface area contributed by atoms with E-state index in [0.29, 0.717) is 12.0 Å². The van der Waals surface area contributed by atoms with E-state index in [1.54, 1.807) is 0 Å². The summed E-state index contributed by atoms with van der Waals surface area (Å²) in [5.41, 5.74) is 6.89. The number of hydrogen-bond acceptors (Lipinski definition) is 1. The third kappa shape index (κ3) is 2.25. The second-order valence-electron chi connectivity index (χ2n) is 5.80. The SMILES string of the molecule is Cc1ccc(C2Nc3ccccc3CC2C)cc1C. The summed E-state index contributed by atoms with van der Waals surface area (Å²) < 4.78 is 0. The molecular weight excluding hydrogens is 230 g/mol. The number of aryl methyl sites for hydroxylation is 2. The van der Waals surface area contributed by atoms with Gasteiger partial charge in [0.1, 0.15) is 0 Å². The van der Waals surface area contributed by atoms with Crippen LogP contribution in [0.3, 0.4) is 0 Å². The van der Waals surface area contributed by atoms with Crippen molar-refractivity contribution in [2.24, 2.45) is 5.92 Å². The Bertz CT molecular complexity index is 600. The van der Waals surface area contributed by atoms with Crippen LogP contribution in [0.15, 0.2) is 42.5 Å². The Morgan fingerprint density at radius 1 is 1.00 bits per heavy atom. The van der Waals surface area contributed by atoms with Crippen molar-refractivity contribution >= 4 is 5.69 Å². The Kier molecular flexibility index (Phi) is 3.06. The zero-order chi connectivity index (χ0) is 13.4. The van der Waals surface area contributed by atoms with E-state index in [1.807, 2.05) is 0 Å². The highest BCUT2D eigenvalue weighted by Gasteiger charge is 2.25. The molecule has 0 aliphatic carbocycles. The van der Waals surface area contributed by atoms with Gasteiger partial charge in [0.05, 0.1) is 6.04 Å². The minimum absolute atomic E-state index is 0.425. The summed E-state index contributed by atoms with van der Waals surface area (Å²) in [6.45, 7) is 6.70. The average molecular weight is 251 g/mol. The van der Waals surface area contributed by atoms with E-state index in [4.69, 9.17) is 0 Å². The van der Waals surface area contributed by atoms with Crippen molar-refractivity contribution in [2.45, 2.75) is 33.2 Å². The van der Waals surface area contributed by atoms with Crippen LogP contribution >= 0.6 is 0 Å². The first-order valence-corrected chi connectivity index (χ1v) is 7.07. The molecule has 19 heavy (non-hydrogen) atoms. The Morgan fingerprint density at radius 2 is 1.79 bits per heavy atom. The molecule has 98 valence electrons. The van der Waals surface area contributed by atoms with Crippen molar-refractivity contribution in [3.8, 4) is 0 Å². The molecule has 1 heteroatoms. The summed E-state index contributed by atoms with van der Waals surface area (Å²) in [6.07, 6.45) is 1.15. The predicted molar refractivity (Wildman–Crippen MR) is 81.6 cm³/mol. The van der Waals surface area contributed by atoms with Crippen molar-refractivity contribution in [1.29, 1.82) is 0 Å². The van der Waals surface area contributed by atoms with Gasteiger partial charge in [-0.05, 0) is 54.5 Å². The molecule has 1 aliphatic rings. The summed E-state index contributed by atoms with van der Waals surface area (Å²) in [5, 5.41) is 3.71. The highest BCUT2D eigenvalue weighted by molar-refractivity contribution is 5.55. The lowest BCUT2D eigenvalue weighted by Gasteiger charge is -2.33. The zero-order valence-electron chi connectivity index (χ0n) is 11.9. The van der Waals surface area contributed by atoms with Crippen LogP contribution in [-0.2, 0) is 6.42 Å². The quantitative estimate of drug-likeness (QED) is 0.778. The maximum Gasteiger partial charge on any atom is 0.0542 e. The van der Waals surface area contributed by atoms with Gasteiger partial charge >= 0.3 is 0 Å². The number of para-hydroxylation sites is 1. The van der Waals surface area contributed by atoms with Crippen LogP contribution in [0.25, 0.3) is 0 Å². The van der Waals surface area contributed by atoms with E-state index >= 15 is 0 Å². The predicted octanol–water partition coefficient (Wildman–Crippen LogP) is 4.65. The lowest BCUT2D eigenvalue weighted by atomic mass is 9.84. The monoisotopic (exact) mass is 251 g/mol. The molecule has 0 saturated carbocycles. The van der Waals surface area contributed by atoms with Crippen LogP contribution in [-0.4, -0.2) is 0 Å². The molecule has 1 aliphatic heterocycles. The van der Waals surface area contributed by atoms with Gasteiger partial charge in [0, 0.05) is 5.69 Å². The Morgan fingerprint density at radius 3 is 2.58 bits per heavy atom. The fraction of sp³-hybridized carbons (Fsp3) is 0.333. The van der Waals surface area contributed by atoms with Crippen LogP contribution < -0.4 is 5.32 Å². The van der Waals surface area contributed by atoms with Crippen molar-refractivity contribution in [1.82, 2.24) is 0 Å². The van der Waals surface area contributed by atoms with E-state index in [1.165, 1.54) is 27.9 Å². The van der Waals surface area contributed by atoms with Crippen LogP contribution in [0.1, 0.15) is 35.2 Å². The molecule has 1 heterocycles. The van der Waals surface area contributed by atoms with E-state index in [0.717, 1.165) is 6.42 Å². The molecule has 3 rings (SSSR count). The lowest BCUT2D eigenvalue weighted by Crippen LogP contribution is -2.26. The van der Waals surface area contributed by atoms with Gasteiger partial charge in [-0.2, -0.15) is 0 Å². The number of fused-ring (bicyclic) bond motifs is 1. The molecule has 1 N–H and O–H groups in total. The van der Waals surface area contributed by atoms with Crippen molar-refractivity contribution in [3.05, 3.63) is 64.7 Å².